The molecule has 0 aromatic heterocycles. The first kappa shape index (κ1) is 20.6. The van der Waals surface area contributed by atoms with E-state index in [4.69, 9.17) is 0 Å². The van der Waals surface area contributed by atoms with Gasteiger partial charge in [0.15, 0.2) is 0 Å². The fourth-order valence-corrected chi connectivity index (χ4v) is 12.6. The number of nitrogens with one attached hydrogen (secondary N) is 1. The third-order valence-corrected chi connectivity index (χ3v) is 13.2. The molecule has 0 bridgehead atoms. The summed E-state index contributed by atoms with van der Waals surface area (Å²) in [5.74, 6) is 3.17. The van der Waals surface area contributed by atoms with Gasteiger partial charge in [-0.3, -0.25) is 5.32 Å². The molecular weight excluding hydrogens is 404 g/mol. The lowest BCUT2D eigenvalue weighted by molar-refractivity contribution is 0.263. The van der Waals surface area contributed by atoms with E-state index >= 15 is 0 Å². The van der Waals surface area contributed by atoms with E-state index in [1.165, 1.54) is 10.4 Å². The van der Waals surface area contributed by atoms with E-state index in [1.54, 1.807) is 0 Å². The van der Waals surface area contributed by atoms with Crippen LogP contribution in [0.25, 0.3) is 12.2 Å². The molecule has 1 saturated heterocycles. The second-order valence-electron chi connectivity index (χ2n) is 11.3. The molecule has 7 atom stereocenters. The van der Waals surface area contributed by atoms with Crippen LogP contribution in [0.2, 0.25) is 18.6 Å². The van der Waals surface area contributed by atoms with E-state index in [9.17, 15) is 0 Å². The Morgan fingerprint density at radius 2 is 1.31 bits per heavy atom. The van der Waals surface area contributed by atoms with Crippen molar-refractivity contribution >= 4 is 20.4 Å². The van der Waals surface area contributed by atoms with Crippen molar-refractivity contribution in [2.45, 2.75) is 50.7 Å². The predicted octanol–water partition coefficient (Wildman–Crippen LogP) is 4.19. The molecule has 166 valence electrons. The van der Waals surface area contributed by atoms with Crippen molar-refractivity contribution in [3.05, 3.63) is 83.3 Å². The van der Waals surface area contributed by atoms with Gasteiger partial charge in [-0.25, -0.2) is 0 Å². The molecular formula is C29H36N2Si. The van der Waals surface area contributed by atoms with E-state index in [2.05, 4.69) is 122 Å². The van der Waals surface area contributed by atoms with Crippen LogP contribution in [0.3, 0.4) is 0 Å². The molecule has 3 heteroatoms. The van der Waals surface area contributed by atoms with Gasteiger partial charge in [0.05, 0.1) is 6.17 Å². The largest absolute Gasteiger partial charge is 0.301 e. The highest BCUT2D eigenvalue weighted by Gasteiger charge is 2.59. The Hall–Kier alpha value is -1.94. The Kier molecular flexibility index (Phi) is 4.87. The van der Waals surface area contributed by atoms with Crippen molar-refractivity contribution < 1.29 is 0 Å². The van der Waals surface area contributed by atoms with Gasteiger partial charge < -0.3 is 4.57 Å². The number of fused-ring (bicyclic) bond motifs is 5. The lowest BCUT2D eigenvalue weighted by Gasteiger charge is -2.49. The van der Waals surface area contributed by atoms with E-state index in [0.29, 0.717) is 53.4 Å². The van der Waals surface area contributed by atoms with E-state index in [-0.39, 0.29) is 0 Å². The fraction of sp³-hybridized carbons (Fsp3) is 0.448. The van der Waals surface area contributed by atoms with Gasteiger partial charge in [-0.1, -0.05) is 112 Å². The molecule has 0 radical (unpaired) electrons. The number of hydrogen-bond acceptors (Lipinski definition) is 2. The SMILES string of the molecule is CC(C)[C@H]1NC2C=c3ccccc3=C[C@H]2N1[Si](C)(C)C1C2C=CC=CC2C2C=CC=CC21. The Labute approximate surface area is 193 Å². The van der Waals surface area contributed by atoms with Crippen molar-refractivity contribution in [2.75, 3.05) is 0 Å². The minimum absolute atomic E-state index is 0.403. The van der Waals surface area contributed by atoms with Gasteiger partial charge in [-0.05, 0) is 45.6 Å². The highest BCUT2D eigenvalue weighted by Crippen LogP contribution is 2.59. The van der Waals surface area contributed by atoms with Gasteiger partial charge in [-0.2, -0.15) is 0 Å². The van der Waals surface area contributed by atoms with Gasteiger partial charge in [-0.15, -0.1) is 0 Å². The van der Waals surface area contributed by atoms with Crippen LogP contribution in [0.5, 0.6) is 0 Å². The predicted molar refractivity (Wildman–Crippen MR) is 138 cm³/mol. The maximum Gasteiger partial charge on any atom is 0.129 e. The maximum absolute atomic E-state index is 4.07. The first-order chi connectivity index (χ1) is 15.5. The molecule has 1 aliphatic heterocycles. The van der Waals surface area contributed by atoms with Crippen LogP contribution in [0.1, 0.15) is 13.8 Å². The molecule has 0 spiro atoms. The Morgan fingerprint density at radius 3 is 1.88 bits per heavy atom. The number of nitrogens with zero attached hydrogens (tertiary/aromatic N) is 1. The number of benzene rings is 1. The smallest absolute Gasteiger partial charge is 0.129 e. The van der Waals surface area contributed by atoms with Gasteiger partial charge in [0.1, 0.15) is 8.24 Å². The molecule has 1 saturated carbocycles. The summed E-state index contributed by atoms with van der Waals surface area (Å²) in [7, 11) is -1.86. The van der Waals surface area contributed by atoms with Crippen molar-refractivity contribution in [1.82, 2.24) is 9.88 Å². The molecule has 0 amide bonds. The Morgan fingerprint density at radius 1 is 0.781 bits per heavy atom. The number of rotatable bonds is 3. The molecule has 5 aliphatic rings. The molecule has 5 unspecified atom stereocenters. The first-order valence-electron chi connectivity index (χ1n) is 12.5. The third-order valence-electron chi connectivity index (χ3n) is 8.89. The van der Waals surface area contributed by atoms with Crippen molar-refractivity contribution in [2.24, 2.45) is 29.6 Å². The van der Waals surface area contributed by atoms with Crippen LogP contribution in [-0.4, -0.2) is 31.1 Å². The lowest BCUT2D eigenvalue weighted by atomic mass is 9.83. The molecule has 1 aromatic carbocycles. The standard InChI is InChI=1S/C29H36N2Si/c1-19(2)29-30-26-17-20-11-5-6-12-21(20)18-27(26)31(29)32(3,4)28-24-15-9-7-13-22(24)23-14-8-10-16-25(23)28/h5-19,22-30H,1-4H3/t22?,23?,24?,25?,26?,27-,28?,29+/m1/s1. The molecule has 2 nitrogen and oxygen atoms in total. The average molecular weight is 441 g/mol. The molecule has 4 aliphatic carbocycles. The normalized spacial score (nSPS) is 39.3. The molecule has 1 N–H and O–H groups in total. The molecule has 1 aromatic rings. The highest BCUT2D eigenvalue weighted by molar-refractivity contribution is 6.76. The van der Waals surface area contributed by atoms with Gasteiger partial charge in [0.25, 0.3) is 0 Å². The monoisotopic (exact) mass is 440 g/mol. The number of allylic oxidation sites excluding steroid dienone is 8. The third kappa shape index (κ3) is 2.98. The summed E-state index contributed by atoms with van der Waals surface area (Å²) in [6, 6.07) is 9.76. The zero-order valence-electron chi connectivity index (χ0n) is 19.7. The summed E-state index contributed by atoms with van der Waals surface area (Å²) >= 11 is 0. The topological polar surface area (TPSA) is 15.3 Å². The molecule has 6 rings (SSSR count). The van der Waals surface area contributed by atoms with E-state index in [1.807, 2.05) is 0 Å². The Bertz CT molecular complexity index is 1110. The summed E-state index contributed by atoms with van der Waals surface area (Å²) in [4.78, 5) is 0. The molecule has 2 fully saturated rings. The summed E-state index contributed by atoms with van der Waals surface area (Å²) < 4.78 is 3.00. The zero-order chi connectivity index (χ0) is 22.0. The Balaban J connectivity index is 1.45. The van der Waals surface area contributed by atoms with Crippen LogP contribution >= 0.6 is 0 Å². The minimum Gasteiger partial charge on any atom is -0.301 e. The summed E-state index contributed by atoms with van der Waals surface area (Å²) in [5.41, 5.74) is 0.715. The van der Waals surface area contributed by atoms with Crippen molar-refractivity contribution in [3.63, 3.8) is 0 Å². The van der Waals surface area contributed by atoms with Gasteiger partial charge >= 0.3 is 0 Å². The summed E-state index contributed by atoms with van der Waals surface area (Å²) in [5, 5.41) is 6.85. The summed E-state index contributed by atoms with van der Waals surface area (Å²) in [6.07, 6.45) is 24.8. The van der Waals surface area contributed by atoms with Crippen LogP contribution in [0.4, 0.5) is 0 Å². The molecule has 32 heavy (non-hydrogen) atoms. The van der Waals surface area contributed by atoms with Gasteiger partial charge in [0, 0.05) is 12.1 Å². The van der Waals surface area contributed by atoms with E-state index < -0.39 is 8.24 Å². The van der Waals surface area contributed by atoms with E-state index in [0.717, 1.165) is 0 Å². The highest BCUT2D eigenvalue weighted by atomic mass is 28.3. The van der Waals surface area contributed by atoms with Crippen LogP contribution in [0, 0.1) is 29.6 Å². The van der Waals surface area contributed by atoms with Crippen LogP contribution in [0.15, 0.2) is 72.9 Å². The zero-order valence-corrected chi connectivity index (χ0v) is 20.7. The van der Waals surface area contributed by atoms with Crippen molar-refractivity contribution in [3.8, 4) is 0 Å². The fourth-order valence-electron chi connectivity index (χ4n) is 7.66. The molecule has 1 heterocycles. The second kappa shape index (κ2) is 7.55. The van der Waals surface area contributed by atoms with Crippen LogP contribution in [-0.2, 0) is 0 Å². The average Bonchev–Trinajstić information content (AvgIpc) is 3.34. The maximum atomic E-state index is 4.07. The summed E-state index contributed by atoms with van der Waals surface area (Å²) in [6.45, 7) is 10.1. The van der Waals surface area contributed by atoms with Gasteiger partial charge in [0.2, 0.25) is 0 Å². The lowest BCUT2D eigenvalue weighted by Crippen LogP contribution is -2.61. The minimum atomic E-state index is -1.86. The second-order valence-corrected chi connectivity index (χ2v) is 15.8. The number of hydrogen-bond donors (Lipinski definition) is 1. The quantitative estimate of drug-likeness (QED) is 0.709. The first-order valence-corrected chi connectivity index (χ1v) is 15.5. The van der Waals surface area contributed by atoms with Crippen molar-refractivity contribution in [1.29, 1.82) is 0 Å². The van der Waals surface area contributed by atoms with Crippen LogP contribution < -0.4 is 15.8 Å².